The van der Waals surface area contributed by atoms with Gasteiger partial charge in [0.05, 0.1) is 25.7 Å². The van der Waals surface area contributed by atoms with Crippen molar-refractivity contribution in [3.63, 3.8) is 0 Å². The molecule has 0 saturated carbocycles. The fraction of sp³-hybridized carbons (Fsp3) is 0.409. The minimum Gasteiger partial charge on any atom is -0.496 e. The van der Waals surface area contributed by atoms with E-state index in [0.29, 0.717) is 32.5 Å². The molecular weight excluding hydrogens is 422 g/mol. The third-order valence-corrected chi connectivity index (χ3v) is 5.74. The smallest absolute Gasteiger partial charge is 0.306 e. The Morgan fingerprint density at radius 3 is 2.54 bits per heavy atom. The van der Waals surface area contributed by atoms with E-state index in [-0.39, 0.29) is 12.0 Å². The number of rotatable bonds is 7. The number of halogens is 1. The first-order valence-electron chi connectivity index (χ1n) is 9.57. The van der Waals surface area contributed by atoms with E-state index in [0.717, 1.165) is 27.1 Å². The van der Waals surface area contributed by atoms with Crippen molar-refractivity contribution in [3.05, 3.63) is 58.1 Å². The number of methoxy groups -OCH3 is 1. The van der Waals surface area contributed by atoms with Gasteiger partial charge in [0.2, 0.25) is 0 Å². The van der Waals surface area contributed by atoms with E-state index in [4.69, 9.17) is 9.47 Å². The number of carboxylic acid groups (broad SMARTS) is 1. The molecule has 0 radical (unpaired) electrons. The maximum Gasteiger partial charge on any atom is 0.306 e. The number of aliphatic carboxylic acids is 1. The molecule has 1 N–H and O–H groups in total. The number of carbonyl (C=O) groups is 1. The summed E-state index contributed by atoms with van der Waals surface area (Å²) in [6.45, 7) is 3.96. The fourth-order valence-corrected chi connectivity index (χ4v) is 4.26. The maximum atomic E-state index is 11.4. The Kier molecular flexibility index (Phi) is 6.97. The van der Waals surface area contributed by atoms with E-state index in [1.54, 1.807) is 7.11 Å². The highest BCUT2D eigenvalue weighted by atomic mass is 79.9. The average molecular weight is 448 g/mol. The van der Waals surface area contributed by atoms with Gasteiger partial charge in [0.15, 0.2) is 0 Å². The summed E-state index contributed by atoms with van der Waals surface area (Å²) in [6.07, 6.45) is 1.28. The molecule has 1 atom stereocenters. The lowest BCUT2D eigenvalue weighted by molar-refractivity contribution is -0.143. The third kappa shape index (κ3) is 4.50. The molecule has 0 bridgehead atoms. The highest BCUT2D eigenvalue weighted by molar-refractivity contribution is 9.10. The first kappa shape index (κ1) is 20.7. The molecular formula is C22H26BrNO4. The Morgan fingerprint density at radius 2 is 1.89 bits per heavy atom. The summed E-state index contributed by atoms with van der Waals surface area (Å²) in [5, 5.41) is 9.37. The first-order chi connectivity index (χ1) is 13.5. The number of para-hydroxylation sites is 1. The standard InChI is InChI=1S/C22H26BrNO4/c1-3-28-20-9-8-16(23)14-18(20)21(17-6-4-5-7-19(17)27-2)24-12-10-15(11-13-24)22(25)26/h4-9,14-15,21H,3,10-13H2,1-2H3,(H,25,26). The second-order valence-electron chi connectivity index (χ2n) is 6.91. The van der Waals surface area contributed by atoms with Crippen molar-refractivity contribution >= 4 is 21.9 Å². The van der Waals surface area contributed by atoms with Gasteiger partial charge in [-0.1, -0.05) is 34.1 Å². The van der Waals surface area contributed by atoms with Crippen LogP contribution >= 0.6 is 15.9 Å². The predicted octanol–water partition coefficient (Wildman–Crippen LogP) is 4.74. The van der Waals surface area contributed by atoms with E-state index in [1.165, 1.54) is 0 Å². The van der Waals surface area contributed by atoms with E-state index >= 15 is 0 Å². The number of nitrogens with zero attached hydrogens (tertiary/aromatic N) is 1. The molecule has 150 valence electrons. The van der Waals surface area contributed by atoms with Crippen molar-refractivity contribution < 1.29 is 19.4 Å². The second kappa shape index (κ2) is 9.43. The van der Waals surface area contributed by atoms with Crippen molar-refractivity contribution in [2.45, 2.75) is 25.8 Å². The van der Waals surface area contributed by atoms with Gasteiger partial charge in [-0.2, -0.15) is 0 Å². The minimum absolute atomic E-state index is 0.0788. The van der Waals surface area contributed by atoms with Gasteiger partial charge in [-0.25, -0.2) is 0 Å². The topological polar surface area (TPSA) is 59.0 Å². The molecule has 0 amide bonds. The lowest BCUT2D eigenvalue weighted by Gasteiger charge is -2.38. The van der Waals surface area contributed by atoms with Gasteiger partial charge in [-0.3, -0.25) is 9.69 Å². The molecule has 1 unspecified atom stereocenters. The molecule has 2 aromatic carbocycles. The molecule has 3 rings (SSSR count). The molecule has 0 aromatic heterocycles. The number of piperidine rings is 1. The van der Waals surface area contributed by atoms with Crippen molar-refractivity contribution in [1.29, 1.82) is 0 Å². The van der Waals surface area contributed by atoms with E-state index in [1.807, 2.05) is 37.3 Å². The Bertz CT molecular complexity index is 818. The summed E-state index contributed by atoms with van der Waals surface area (Å²) in [4.78, 5) is 13.7. The molecule has 0 aliphatic carbocycles. The highest BCUT2D eigenvalue weighted by Crippen LogP contribution is 2.41. The van der Waals surface area contributed by atoms with E-state index in [2.05, 4.69) is 33.0 Å². The van der Waals surface area contributed by atoms with Crippen LogP contribution in [0.4, 0.5) is 0 Å². The largest absolute Gasteiger partial charge is 0.496 e. The fourth-order valence-electron chi connectivity index (χ4n) is 3.88. The van der Waals surface area contributed by atoms with Gasteiger partial charge in [-0.05, 0) is 57.1 Å². The molecule has 2 aromatic rings. The molecule has 28 heavy (non-hydrogen) atoms. The van der Waals surface area contributed by atoms with Crippen LogP contribution in [-0.2, 0) is 4.79 Å². The summed E-state index contributed by atoms with van der Waals surface area (Å²) < 4.78 is 12.6. The summed E-state index contributed by atoms with van der Waals surface area (Å²) in [5.41, 5.74) is 2.10. The molecule has 1 aliphatic rings. The van der Waals surface area contributed by atoms with Crippen LogP contribution in [0, 0.1) is 5.92 Å². The number of ether oxygens (including phenoxy) is 2. The summed E-state index contributed by atoms with van der Waals surface area (Å²) in [7, 11) is 1.68. The zero-order chi connectivity index (χ0) is 20.1. The van der Waals surface area contributed by atoms with Gasteiger partial charge in [0.1, 0.15) is 11.5 Å². The Morgan fingerprint density at radius 1 is 1.18 bits per heavy atom. The molecule has 6 heteroatoms. The van der Waals surface area contributed by atoms with Gasteiger partial charge >= 0.3 is 5.97 Å². The SMILES string of the molecule is CCOc1ccc(Br)cc1C(c1ccccc1OC)N1CCC(C(=O)O)CC1. The zero-order valence-corrected chi connectivity index (χ0v) is 17.8. The highest BCUT2D eigenvalue weighted by Gasteiger charge is 2.33. The van der Waals surface area contributed by atoms with Crippen LogP contribution < -0.4 is 9.47 Å². The van der Waals surface area contributed by atoms with Crippen LogP contribution in [-0.4, -0.2) is 42.8 Å². The Balaban J connectivity index is 2.06. The van der Waals surface area contributed by atoms with Crippen LogP contribution in [0.5, 0.6) is 11.5 Å². The van der Waals surface area contributed by atoms with Crippen molar-refractivity contribution in [3.8, 4) is 11.5 Å². The van der Waals surface area contributed by atoms with Crippen LogP contribution in [0.25, 0.3) is 0 Å². The van der Waals surface area contributed by atoms with Gasteiger partial charge in [0.25, 0.3) is 0 Å². The second-order valence-corrected chi connectivity index (χ2v) is 7.82. The number of carboxylic acids is 1. The monoisotopic (exact) mass is 447 g/mol. The lowest BCUT2D eigenvalue weighted by atomic mass is 9.90. The molecule has 1 saturated heterocycles. The Labute approximate surface area is 174 Å². The zero-order valence-electron chi connectivity index (χ0n) is 16.2. The summed E-state index contributed by atoms with van der Waals surface area (Å²) in [6, 6.07) is 14.0. The normalized spacial score (nSPS) is 16.5. The quantitative estimate of drug-likeness (QED) is 0.663. The van der Waals surface area contributed by atoms with Crippen molar-refractivity contribution in [2.75, 3.05) is 26.8 Å². The van der Waals surface area contributed by atoms with Crippen LogP contribution in [0.15, 0.2) is 46.9 Å². The summed E-state index contributed by atoms with van der Waals surface area (Å²) in [5.74, 6) is 0.673. The van der Waals surface area contributed by atoms with Crippen LogP contribution in [0.1, 0.15) is 36.9 Å². The average Bonchev–Trinajstić information content (AvgIpc) is 2.71. The lowest BCUT2D eigenvalue weighted by Crippen LogP contribution is -2.39. The van der Waals surface area contributed by atoms with Crippen LogP contribution in [0.3, 0.4) is 0 Å². The van der Waals surface area contributed by atoms with Gasteiger partial charge in [-0.15, -0.1) is 0 Å². The number of likely N-dealkylation sites (tertiary alicyclic amines) is 1. The van der Waals surface area contributed by atoms with Crippen LogP contribution in [0.2, 0.25) is 0 Å². The van der Waals surface area contributed by atoms with Gasteiger partial charge in [0, 0.05) is 15.6 Å². The molecule has 0 spiro atoms. The maximum absolute atomic E-state index is 11.4. The van der Waals surface area contributed by atoms with E-state index in [9.17, 15) is 9.90 Å². The first-order valence-corrected chi connectivity index (χ1v) is 10.4. The van der Waals surface area contributed by atoms with Crippen molar-refractivity contribution in [1.82, 2.24) is 4.90 Å². The van der Waals surface area contributed by atoms with Gasteiger partial charge < -0.3 is 14.6 Å². The number of hydrogen-bond donors (Lipinski definition) is 1. The molecule has 1 heterocycles. The molecule has 1 aliphatic heterocycles. The molecule has 1 fully saturated rings. The predicted molar refractivity (Wildman–Crippen MR) is 112 cm³/mol. The molecule has 5 nitrogen and oxygen atoms in total. The summed E-state index contributed by atoms with van der Waals surface area (Å²) >= 11 is 3.59. The Hall–Kier alpha value is -2.05. The van der Waals surface area contributed by atoms with Crippen molar-refractivity contribution in [2.24, 2.45) is 5.92 Å². The number of benzene rings is 2. The number of hydrogen-bond acceptors (Lipinski definition) is 4. The minimum atomic E-state index is -0.703. The van der Waals surface area contributed by atoms with E-state index < -0.39 is 5.97 Å². The third-order valence-electron chi connectivity index (χ3n) is 5.24.